The first-order chi connectivity index (χ1) is 10.8. The van der Waals surface area contributed by atoms with Gasteiger partial charge in [-0.05, 0) is 17.4 Å². The van der Waals surface area contributed by atoms with Crippen LogP contribution in [0.15, 0.2) is 30.3 Å². The summed E-state index contributed by atoms with van der Waals surface area (Å²) in [6.07, 6.45) is -0.413. The minimum atomic E-state index is -0.893. The summed E-state index contributed by atoms with van der Waals surface area (Å²) in [7, 11) is 0. The third-order valence-corrected chi connectivity index (χ3v) is 4.52. The number of hydrogen-bond donors (Lipinski definition) is 2. The third kappa shape index (κ3) is 4.24. The maximum absolute atomic E-state index is 11.4. The minimum absolute atomic E-state index is 0.00775. The van der Waals surface area contributed by atoms with Gasteiger partial charge in [0, 0.05) is 38.3 Å². The zero-order valence-electron chi connectivity index (χ0n) is 14.3. The molecule has 128 valence electrons. The van der Waals surface area contributed by atoms with Gasteiger partial charge in [0.05, 0.1) is 0 Å². The summed E-state index contributed by atoms with van der Waals surface area (Å²) in [6.45, 7) is 8.52. The first-order valence-corrected chi connectivity index (χ1v) is 8.24. The van der Waals surface area contributed by atoms with Crippen LogP contribution in [-0.2, 0) is 0 Å². The number of piperazine rings is 1. The number of carboxylic acid groups (broad SMARTS) is 1. The molecular formula is C18H28N2O3. The van der Waals surface area contributed by atoms with Crippen molar-refractivity contribution < 1.29 is 15.0 Å². The second kappa shape index (κ2) is 7.32. The normalized spacial score (nSPS) is 21.2. The maximum Gasteiger partial charge on any atom is 0.407 e. The molecule has 1 aliphatic heterocycles. The van der Waals surface area contributed by atoms with Crippen molar-refractivity contribution >= 4 is 6.09 Å². The highest BCUT2D eigenvalue weighted by Gasteiger charge is 2.38. The van der Waals surface area contributed by atoms with Crippen molar-refractivity contribution in [2.24, 2.45) is 5.41 Å². The lowest BCUT2D eigenvalue weighted by Crippen LogP contribution is -2.57. The number of benzene rings is 1. The number of carbonyl (C=O) groups is 1. The van der Waals surface area contributed by atoms with Crippen LogP contribution in [0.5, 0.6) is 0 Å². The second-order valence-electron chi connectivity index (χ2n) is 7.32. The van der Waals surface area contributed by atoms with Crippen molar-refractivity contribution in [1.29, 1.82) is 0 Å². The topological polar surface area (TPSA) is 64.0 Å². The van der Waals surface area contributed by atoms with Crippen molar-refractivity contribution in [1.82, 2.24) is 9.80 Å². The highest BCUT2D eigenvalue weighted by Crippen LogP contribution is 2.39. The molecule has 1 saturated heterocycles. The summed E-state index contributed by atoms with van der Waals surface area (Å²) in [5.74, 6) is 0. The predicted octanol–water partition coefficient (Wildman–Crippen LogP) is 2.82. The molecule has 0 bridgehead atoms. The van der Waals surface area contributed by atoms with Gasteiger partial charge in [-0.25, -0.2) is 4.79 Å². The van der Waals surface area contributed by atoms with Gasteiger partial charge in [0.2, 0.25) is 0 Å². The molecular weight excluding hydrogens is 292 g/mol. The highest BCUT2D eigenvalue weighted by molar-refractivity contribution is 5.65. The zero-order chi connectivity index (χ0) is 17.0. The molecule has 1 aliphatic rings. The summed E-state index contributed by atoms with van der Waals surface area (Å²) in [4.78, 5) is 15.2. The van der Waals surface area contributed by atoms with Crippen LogP contribution in [0, 0.1) is 5.41 Å². The molecule has 1 fully saturated rings. The van der Waals surface area contributed by atoms with Crippen molar-refractivity contribution in [2.75, 3.05) is 26.2 Å². The summed E-state index contributed by atoms with van der Waals surface area (Å²) < 4.78 is 0. The van der Waals surface area contributed by atoms with Crippen LogP contribution in [0.2, 0.25) is 0 Å². The van der Waals surface area contributed by atoms with Gasteiger partial charge in [-0.1, -0.05) is 51.1 Å². The molecule has 5 heteroatoms. The lowest BCUT2D eigenvalue weighted by Gasteiger charge is -2.47. The first-order valence-electron chi connectivity index (χ1n) is 8.24. The smallest absolute Gasteiger partial charge is 0.407 e. The Hall–Kier alpha value is -1.59. The van der Waals surface area contributed by atoms with Crippen LogP contribution < -0.4 is 0 Å². The lowest BCUT2D eigenvalue weighted by molar-refractivity contribution is 0.00936. The van der Waals surface area contributed by atoms with Crippen LogP contribution in [0.4, 0.5) is 4.79 Å². The Morgan fingerprint density at radius 1 is 1.26 bits per heavy atom. The number of nitrogens with zero attached hydrogens (tertiary/aromatic N) is 2. The SMILES string of the molecule is CC(C)(C)C(c1ccccc1)N1CCN(C(=O)O)[C@@H](CCO)C1. The lowest BCUT2D eigenvalue weighted by atomic mass is 9.80. The van der Waals surface area contributed by atoms with Gasteiger partial charge < -0.3 is 15.1 Å². The van der Waals surface area contributed by atoms with E-state index in [9.17, 15) is 15.0 Å². The fraction of sp³-hybridized carbons (Fsp3) is 0.611. The molecule has 0 radical (unpaired) electrons. The standard InChI is InChI=1S/C18H28N2O3/c1-18(2,3)16(14-7-5-4-6-8-14)19-10-11-20(17(22)23)15(13-19)9-12-21/h4-8,15-16,21H,9-13H2,1-3H3,(H,22,23)/t15-,16?/m0/s1. The van der Waals surface area contributed by atoms with Crippen LogP contribution in [0.25, 0.3) is 0 Å². The minimum Gasteiger partial charge on any atom is -0.465 e. The van der Waals surface area contributed by atoms with Crippen molar-refractivity contribution in [3.8, 4) is 0 Å². The largest absolute Gasteiger partial charge is 0.465 e. The molecule has 1 heterocycles. The molecule has 1 aromatic carbocycles. The van der Waals surface area contributed by atoms with Gasteiger partial charge in [-0.2, -0.15) is 0 Å². The second-order valence-corrected chi connectivity index (χ2v) is 7.32. The predicted molar refractivity (Wildman–Crippen MR) is 90.4 cm³/mol. The highest BCUT2D eigenvalue weighted by atomic mass is 16.4. The zero-order valence-corrected chi connectivity index (χ0v) is 14.3. The molecule has 1 aromatic rings. The van der Waals surface area contributed by atoms with Crippen molar-refractivity contribution in [3.05, 3.63) is 35.9 Å². The fourth-order valence-corrected chi connectivity index (χ4v) is 3.66. The molecule has 2 atom stereocenters. The molecule has 2 N–H and O–H groups in total. The van der Waals surface area contributed by atoms with Gasteiger partial charge in [-0.3, -0.25) is 4.90 Å². The summed E-state index contributed by atoms with van der Waals surface area (Å²) in [5, 5.41) is 18.6. The van der Waals surface area contributed by atoms with Crippen molar-refractivity contribution in [3.63, 3.8) is 0 Å². The van der Waals surface area contributed by atoms with Crippen molar-refractivity contribution in [2.45, 2.75) is 39.3 Å². The molecule has 0 saturated carbocycles. The van der Waals surface area contributed by atoms with Gasteiger partial charge >= 0.3 is 6.09 Å². The number of amides is 1. The Morgan fingerprint density at radius 2 is 1.91 bits per heavy atom. The molecule has 23 heavy (non-hydrogen) atoms. The Morgan fingerprint density at radius 3 is 2.43 bits per heavy atom. The summed E-state index contributed by atoms with van der Waals surface area (Å²) in [5.41, 5.74) is 1.29. The Kier molecular flexibility index (Phi) is 5.65. The van der Waals surface area contributed by atoms with Gasteiger partial charge in [0.1, 0.15) is 0 Å². The molecule has 2 rings (SSSR count). The van der Waals surface area contributed by atoms with E-state index >= 15 is 0 Å². The molecule has 1 amide bonds. The average molecular weight is 320 g/mol. The Labute approximate surface area is 138 Å². The van der Waals surface area contributed by atoms with E-state index < -0.39 is 6.09 Å². The monoisotopic (exact) mass is 320 g/mol. The molecule has 1 unspecified atom stereocenters. The fourth-order valence-electron chi connectivity index (χ4n) is 3.66. The van der Waals surface area contributed by atoms with E-state index in [-0.39, 0.29) is 24.1 Å². The maximum atomic E-state index is 11.4. The van der Waals surface area contributed by atoms with E-state index in [2.05, 4.69) is 37.8 Å². The van der Waals surface area contributed by atoms with Crippen LogP contribution in [0.1, 0.15) is 38.8 Å². The quantitative estimate of drug-likeness (QED) is 0.895. The summed E-state index contributed by atoms with van der Waals surface area (Å²) in [6, 6.07) is 10.5. The van der Waals surface area contributed by atoms with E-state index in [0.29, 0.717) is 26.1 Å². The Balaban J connectivity index is 2.25. The molecule has 0 spiro atoms. The van der Waals surface area contributed by atoms with Gasteiger partial charge in [0.15, 0.2) is 0 Å². The third-order valence-electron chi connectivity index (χ3n) is 4.52. The average Bonchev–Trinajstić information content (AvgIpc) is 2.47. The first kappa shape index (κ1) is 17.8. The van der Waals surface area contributed by atoms with E-state index in [1.54, 1.807) is 0 Å². The van der Waals surface area contributed by atoms with Gasteiger partial charge in [-0.15, -0.1) is 0 Å². The van der Waals surface area contributed by atoms with Crippen LogP contribution >= 0.6 is 0 Å². The molecule has 0 aromatic heterocycles. The summed E-state index contributed by atoms with van der Waals surface area (Å²) >= 11 is 0. The van der Waals surface area contributed by atoms with Crippen LogP contribution in [-0.4, -0.2) is 58.4 Å². The van der Waals surface area contributed by atoms with Gasteiger partial charge in [0.25, 0.3) is 0 Å². The van der Waals surface area contributed by atoms with E-state index in [0.717, 1.165) is 0 Å². The van der Waals surface area contributed by atoms with E-state index in [1.807, 2.05) is 18.2 Å². The van der Waals surface area contributed by atoms with E-state index in [1.165, 1.54) is 10.5 Å². The number of aliphatic hydroxyl groups excluding tert-OH is 1. The number of hydrogen-bond acceptors (Lipinski definition) is 3. The number of rotatable bonds is 4. The van der Waals surface area contributed by atoms with Crippen LogP contribution in [0.3, 0.4) is 0 Å². The molecule has 5 nitrogen and oxygen atoms in total. The molecule has 0 aliphatic carbocycles. The Bertz CT molecular complexity index is 513. The van der Waals surface area contributed by atoms with E-state index in [4.69, 9.17) is 0 Å². The number of aliphatic hydroxyl groups is 1.